The molecule has 0 spiro atoms. The van der Waals surface area contributed by atoms with Gasteiger partial charge in [-0.25, -0.2) is 4.98 Å². The van der Waals surface area contributed by atoms with E-state index in [1.807, 2.05) is 4.90 Å². The van der Waals surface area contributed by atoms with Crippen LogP contribution in [-0.2, 0) is 0 Å². The summed E-state index contributed by atoms with van der Waals surface area (Å²) in [6.45, 7) is 1.19. The maximum atomic E-state index is 12.8. The lowest BCUT2D eigenvalue weighted by atomic mass is 10.1. The molecule has 2 heterocycles. The number of nitrogens with two attached hydrogens (primary N) is 1. The van der Waals surface area contributed by atoms with Gasteiger partial charge < -0.3 is 20.9 Å². The van der Waals surface area contributed by atoms with Gasteiger partial charge in [-0.05, 0) is 49.2 Å². The molecule has 0 aliphatic carbocycles. The van der Waals surface area contributed by atoms with Crippen LogP contribution in [0.25, 0.3) is 11.0 Å². The van der Waals surface area contributed by atoms with E-state index in [1.54, 1.807) is 48.8 Å². The van der Waals surface area contributed by atoms with Gasteiger partial charge in [0, 0.05) is 35.9 Å². The first kappa shape index (κ1) is 22.7. The zero-order valence-electron chi connectivity index (χ0n) is 15.6. The predicted octanol–water partition coefficient (Wildman–Crippen LogP) is 3.22. The highest BCUT2D eigenvalue weighted by atomic mass is 35.5. The molecule has 1 aliphatic rings. The quantitative estimate of drug-likeness (QED) is 0.584. The number of aromatic amines is 1. The molecule has 7 nitrogen and oxygen atoms in total. The molecular formula is C20H23Cl2N5O2. The molecule has 1 fully saturated rings. The van der Waals surface area contributed by atoms with Crippen LogP contribution in [0.4, 0.5) is 5.69 Å². The van der Waals surface area contributed by atoms with E-state index >= 15 is 0 Å². The molecule has 3 aromatic rings. The molecule has 0 saturated carbocycles. The Kier molecular flexibility index (Phi) is 7.61. The van der Waals surface area contributed by atoms with E-state index in [0.717, 1.165) is 30.4 Å². The molecule has 29 heavy (non-hydrogen) atoms. The van der Waals surface area contributed by atoms with Crippen LogP contribution in [0.3, 0.4) is 0 Å². The van der Waals surface area contributed by atoms with E-state index in [1.165, 1.54) is 0 Å². The Labute approximate surface area is 180 Å². The number of rotatable bonds is 4. The van der Waals surface area contributed by atoms with Crippen LogP contribution in [-0.4, -0.2) is 45.8 Å². The molecule has 2 amide bonds. The summed E-state index contributed by atoms with van der Waals surface area (Å²) < 4.78 is 0. The van der Waals surface area contributed by atoms with Crippen LogP contribution >= 0.6 is 24.8 Å². The minimum absolute atomic E-state index is 0. The van der Waals surface area contributed by atoms with Crippen LogP contribution < -0.4 is 11.1 Å². The number of nitrogens with one attached hydrogen (secondary N) is 2. The SMILES string of the molecule is Cl.Cl.NCC1CCCN1C(=O)c1cccc(NC(=O)c2ccc3nc[nH]c3c2)c1. The van der Waals surface area contributed by atoms with Crippen molar-refractivity contribution in [3.8, 4) is 0 Å². The van der Waals surface area contributed by atoms with Crippen molar-refractivity contribution in [1.29, 1.82) is 0 Å². The van der Waals surface area contributed by atoms with Gasteiger partial charge in [-0.2, -0.15) is 0 Å². The molecule has 1 aromatic heterocycles. The maximum Gasteiger partial charge on any atom is 0.255 e. The van der Waals surface area contributed by atoms with Crippen molar-refractivity contribution in [3.05, 3.63) is 59.9 Å². The first-order valence-electron chi connectivity index (χ1n) is 9.01. The molecule has 4 N–H and O–H groups in total. The van der Waals surface area contributed by atoms with Crippen LogP contribution in [0, 0.1) is 0 Å². The fourth-order valence-corrected chi connectivity index (χ4v) is 3.52. The molecule has 1 unspecified atom stereocenters. The average Bonchev–Trinajstić information content (AvgIpc) is 3.35. The topological polar surface area (TPSA) is 104 Å². The molecule has 1 atom stereocenters. The molecule has 0 bridgehead atoms. The van der Waals surface area contributed by atoms with Crippen molar-refractivity contribution in [2.24, 2.45) is 5.73 Å². The molecule has 1 aliphatic heterocycles. The fraction of sp³-hybridized carbons (Fsp3) is 0.250. The highest BCUT2D eigenvalue weighted by Gasteiger charge is 2.28. The van der Waals surface area contributed by atoms with Crippen LogP contribution in [0.15, 0.2) is 48.8 Å². The highest BCUT2D eigenvalue weighted by Crippen LogP contribution is 2.21. The van der Waals surface area contributed by atoms with Crippen molar-refractivity contribution in [1.82, 2.24) is 14.9 Å². The van der Waals surface area contributed by atoms with Gasteiger partial charge in [0.05, 0.1) is 17.4 Å². The number of anilines is 1. The minimum atomic E-state index is -0.239. The first-order valence-corrected chi connectivity index (χ1v) is 9.01. The number of halogens is 2. The maximum absolute atomic E-state index is 12.8. The highest BCUT2D eigenvalue weighted by molar-refractivity contribution is 6.06. The molecular weight excluding hydrogens is 413 g/mol. The van der Waals surface area contributed by atoms with E-state index < -0.39 is 0 Å². The lowest BCUT2D eigenvalue weighted by Crippen LogP contribution is -2.39. The van der Waals surface area contributed by atoms with Crippen molar-refractivity contribution in [2.45, 2.75) is 18.9 Å². The summed E-state index contributed by atoms with van der Waals surface area (Å²) in [7, 11) is 0. The Hall–Kier alpha value is -2.61. The van der Waals surface area contributed by atoms with Gasteiger partial charge in [-0.1, -0.05) is 6.07 Å². The number of aromatic nitrogens is 2. The normalized spacial score (nSPS) is 15.5. The zero-order valence-corrected chi connectivity index (χ0v) is 17.3. The van der Waals surface area contributed by atoms with E-state index in [9.17, 15) is 9.59 Å². The number of fused-ring (bicyclic) bond motifs is 1. The average molecular weight is 436 g/mol. The van der Waals surface area contributed by atoms with E-state index in [4.69, 9.17) is 5.73 Å². The summed E-state index contributed by atoms with van der Waals surface area (Å²) in [6.07, 6.45) is 3.50. The predicted molar refractivity (Wildman–Crippen MR) is 118 cm³/mol. The molecule has 4 rings (SSSR count). The third-order valence-electron chi connectivity index (χ3n) is 4.96. The molecule has 9 heteroatoms. The standard InChI is InChI=1S/C20H21N5O2.2ClH/c21-11-16-5-2-8-25(16)20(27)14-3-1-4-15(9-14)24-19(26)13-6-7-17-18(10-13)23-12-22-17;;/h1,3-4,6-7,9-10,12,16H,2,5,8,11,21H2,(H,22,23)(H,24,26);2*1H. The number of carbonyl (C=O) groups is 2. The molecule has 2 aromatic carbocycles. The Morgan fingerprint density at radius 1 is 1.17 bits per heavy atom. The number of amides is 2. The van der Waals surface area contributed by atoms with Gasteiger partial charge in [-0.15, -0.1) is 24.8 Å². The van der Waals surface area contributed by atoms with Crippen molar-refractivity contribution in [3.63, 3.8) is 0 Å². The van der Waals surface area contributed by atoms with Crippen molar-refractivity contribution in [2.75, 3.05) is 18.4 Å². The molecule has 154 valence electrons. The van der Waals surface area contributed by atoms with Crippen molar-refractivity contribution < 1.29 is 9.59 Å². The van der Waals surface area contributed by atoms with E-state index in [0.29, 0.717) is 23.4 Å². The number of H-pyrrole nitrogens is 1. The summed E-state index contributed by atoms with van der Waals surface area (Å²) in [5.74, 6) is -0.282. The van der Waals surface area contributed by atoms with Crippen LogP contribution in [0.1, 0.15) is 33.6 Å². The van der Waals surface area contributed by atoms with Gasteiger partial charge in [0.15, 0.2) is 0 Å². The fourth-order valence-electron chi connectivity index (χ4n) is 3.52. The van der Waals surface area contributed by atoms with Gasteiger partial charge in [0.1, 0.15) is 0 Å². The van der Waals surface area contributed by atoms with E-state index in [2.05, 4.69) is 15.3 Å². The molecule has 1 saturated heterocycles. The second kappa shape index (κ2) is 9.73. The Bertz CT molecular complexity index is 1010. The van der Waals surface area contributed by atoms with Crippen LogP contribution in [0.2, 0.25) is 0 Å². The lowest BCUT2D eigenvalue weighted by Gasteiger charge is -2.23. The number of imidazole rings is 1. The summed E-state index contributed by atoms with van der Waals surface area (Å²) in [5.41, 5.74) is 9.03. The smallest absolute Gasteiger partial charge is 0.255 e. The largest absolute Gasteiger partial charge is 0.345 e. The Balaban J connectivity index is 0.00000150. The number of hydrogen-bond acceptors (Lipinski definition) is 4. The minimum Gasteiger partial charge on any atom is -0.345 e. The third-order valence-corrected chi connectivity index (χ3v) is 4.96. The summed E-state index contributed by atoms with van der Waals surface area (Å²) in [5, 5.41) is 2.86. The Morgan fingerprint density at radius 3 is 2.79 bits per heavy atom. The number of carbonyl (C=O) groups excluding carboxylic acids is 2. The zero-order chi connectivity index (χ0) is 18.8. The monoisotopic (exact) mass is 435 g/mol. The number of nitrogens with zero attached hydrogens (tertiary/aromatic N) is 2. The summed E-state index contributed by atoms with van der Waals surface area (Å²) in [6, 6.07) is 12.4. The van der Waals surface area contributed by atoms with Gasteiger partial charge in [0.2, 0.25) is 0 Å². The summed E-state index contributed by atoms with van der Waals surface area (Å²) in [4.78, 5) is 34.3. The number of hydrogen-bond donors (Lipinski definition) is 3. The van der Waals surface area contributed by atoms with Crippen LogP contribution in [0.5, 0.6) is 0 Å². The molecule has 0 radical (unpaired) electrons. The number of likely N-dealkylation sites (tertiary alicyclic amines) is 1. The summed E-state index contributed by atoms with van der Waals surface area (Å²) >= 11 is 0. The lowest BCUT2D eigenvalue weighted by molar-refractivity contribution is 0.0741. The van der Waals surface area contributed by atoms with E-state index in [-0.39, 0.29) is 42.7 Å². The van der Waals surface area contributed by atoms with Gasteiger partial charge in [-0.3, -0.25) is 9.59 Å². The van der Waals surface area contributed by atoms with Gasteiger partial charge >= 0.3 is 0 Å². The Morgan fingerprint density at radius 2 is 2.00 bits per heavy atom. The third kappa shape index (κ3) is 4.70. The van der Waals surface area contributed by atoms with Crippen molar-refractivity contribution >= 4 is 53.3 Å². The second-order valence-electron chi connectivity index (χ2n) is 6.70. The number of benzene rings is 2. The first-order chi connectivity index (χ1) is 13.2. The second-order valence-corrected chi connectivity index (χ2v) is 6.70. The van der Waals surface area contributed by atoms with Gasteiger partial charge in [0.25, 0.3) is 11.8 Å².